The third-order valence-corrected chi connectivity index (χ3v) is 3.25. The molecule has 0 radical (unpaired) electrons. The van der Waals surface area contributed by atoms with Crippen molar-refractivity contribution < 1.29 is 9.53 Å². The molecule has 94 valence electrons. The number of aromatic nitrogens is 3. The van der Waals surface area contributed by atoms with E-state index in [1.807, 2.05) is 13.8 Å². The molecule has 0 fully saturated rings. The van der Waals surface area contributed by atoms with Crippen LogP contribution in [0.1, 0.15) is 28.1 Å². The Morgan fingerprint density at radius 2 is 2.17 bits per heavy atom. The van der Waals surface area contributed by atoms with Crippen LogP contribution in [0.3, 0.4) is 0 Å². The lowest BCUT2D eigenvalue weighted by molar-refractivity contribution is 0.0519. The van der Waals surface area contributed by atoms with Crippen LogP contribution in [0.15, 0.2) is 12.3 Å². The molecule has 2 rings (SSSR count). The maximum Gasteiger partial charge on any atom is 0.358 e. The summed E-state index contributed by atoms with van der Waals surface area (Å²) in [6.45, 7) is 5.78. The Labute approximate surface area is 109 Å². The smallest absolute Gasteiger partial charge is 0.358 e. The molecule has 2 heterocycles. The average molecular weight is 263 g/mol. The third kappa shape index (κ3) is 2.53. The van der Waals surface area contributed by atoms with E-state index in [2.05, 4.69) is 15.0 Å². The van der Waals surface area contributed by atoms with Gasteiger partial charge in [0.2, 0.25) is 0 Å². The molecule has 2 aromatic rings. The predicted octanol–water partition coefficient (Wildman–Crippen LogP) is 2.39. The van der Waals surface area contributed by atoms with E-state index >= 15 is 0 Å². The molecule has 0 saturated carbocycles. The van der Waals surface area contributed by atoms with Crippen LogP contribution in [0.2, 0.25) is 0 Å². The van der Waals surface area contributed by atoms with Gasteiger partial charge in [0.25, 0.3) is 0 Å². The first-order chi connectivity index (χ1) is 8.61. The normalized spacial score (nSPS) is 10.4. The summed E-state index contributed by atoms with van der Waals surface area (Å²) in [5.74, 6) is 0.293. The molecule has 0 bridgehead atoms. The lowest BCUT2D eigenvalue weighted by atomic mass is 10.3. The number of rotatable bonds is 3. The lowest BCUT2D eigenvalue weighted by Crippen LogP contribution is -2.06. The molecular formula is C12H13N3O2S. The van der Waals surface area contributed by atoms with E-state index in [0.29, 0.717) is 23.1 Å². The number of carbonyl (C=O) groups is 1. The topological polar surface area (TPSA) is 65.0 Å². The van der Waals surface area contributed by atoms with Crippen LogP contribution >= 0.6 is 11.3 Å². The summed E-state index contributed by atoms with van der Waals surface area (Å²) in [6, 6.07) is 1.78. The number of esters is 1. The second kappa shape index (κ2) is 5.22. The highest BCUT2D eigenvalue weighted by molar-refractivity contribution is 7.15. The van der Waals surface area contributed by atoms with E-state index in [4.69, 9.17) is 4.74 Å². The minimum atomic E-state index is -0.386. The molecule has 18 heavy (non-hydrogen) atoms. The van der Waals surface area contributed by atoms with E-state index in [1.54, 1.807) is 19.2 Å². The predicted molar refractivity (Wildman–Crippen MR) is 68.6 cm³/mol. The van der Waals surface area contributed by atoms with E-state index in [1.165, 1.54) is 11.3 Å². The van der Waals surface area contributed by atoms with Gasteiger partial charge in [0.1, 0.15) is 16.5 Å². The SMILES string of the molecule is CCOC(=O)c1nc(-c2ccnc(C)n2)sc1C. The zero-order chi connectivity index (χ0) is 13.1. The van der Waals surface area contributed by atoms with Crippen molar-refractivity contribution in [2.24, 2.45) is 0 Å². The minimum Gasteiger partial charge on any atom is -0.461 e. The van der Waals surface area contributed by atoms with Crippen LogP contribution < -0.4 is 0 Å². The van der Waals surface area contributed by atoms with Gasteiger partial charge in [-0.05, 0) is 26.8 Å². The number of carbonyl (C=O) groups excluding carboxylic acids is 1. The van der Waals surface area contributed by atoms with Gasteiger partial charge >= 0.3 is 5.97 Å². The maximum absolute atomic E-state index is 11.7. The van der Waals surface area contributed by atoms with E-state index in [-0.39, 0.29) is 5.97 Å². The van der Waals surface area contributed by atoms with Crippen molar-refractivity contribution in [2.45, 2.75) is 20.8 Å². The first-order valence-electron chi connectivity index (χ1n) is 5.56. The Morgan fingerprint density at radius 3 is 2.83 bits per heavy atom. The van der Waals surface area contributed by atoms with Crippen molar-refractivity contribution in [3.8, 4) is 10.7 Å². The zero-order valence-corrected chi connectivity index (χ0v) is 11.2. The number of ether oxygens (including phenoxy) is 1. The van der Waals surface area contributed by atoms with Gasteiger partial charge in [-0.25, -0.2) is 19.7 Å². The van der Waals surface area contributed by atoms with Gasteiger partial charge in [0.15, 0.2) is 5.69 Å². The molecule has 0 aromatic carbocycles. The highest BCUT2D eigenvalue weighted by Crippen LogP contribution is 2.26. The Bertz CT molecular complexity index is 580. The fourth-order valence-corrected chi connectivity index (χ4v) is 2.34. The zero-order valence-electron chi connectivity index (χ0n) is 10.4. The summed E-state index contributed by atoms with van der Waals surface area (Å²) >= 11 is 1.43. The van der Waals surface area contributed by atoms with Gasteiger partial charge in [-0.15, -0.1) is 11.3 Å². The summed E-state index contributed by atoms with van der Waals surface area (Å²) in [6.07, 6.45) is 1.68. The van der Waals surface area contributed by atoms with Crippen LogP contribution in [-0.4, -0.2) is 27.5 Å². The van der Waals surface area contributed by atoms with Crippen LogP contribution in [0, 0.1) is 13.8 Å². The lowest BCUT2D eigenvalue weighted by Gasteiger charge is -1.98. The van der Waals surface area contributed by atoms with Crippen LogP contribution in [0.25, 0.3) is 10.7 Å². The molecule has 0 amide bonds. The van der Waals surface area contributed by atoms with Crippen molar-refractivity contribution in [1.29, 1.82) is 0 Å². The molecule has 0 aliphatic heterocycles. The number of aryl methyl sites for hydroxylation is 2. The maximum atomic E-state index is 11.7. The van der Waals surface area contributed by atoms with Crippen molar-refractivity contribution in [3.63, 3.8) is 0 Å². The Hall–Kier alpha value is -1.82. The molecule has 0 N–H and O–H groups in total. The molecule has 6 heteroatoms. The second-order valence-electron chi connectivity index (χ2n) is 3.63. The fourth-order valence-electron chi connectivity index (χ4n) is 1.47. The molecule has 0 aliphatic carbocycles. The van der Waals surface area contributed by atoms with Crippen LogP contribution in [-0.2, 0) is 4.74 Å². The number of thiazole rings is 1. The Kier molecular flexibility index (Phi) is 3.66. The van der Waals surface area contributed by atoms with Crippen LogP contribution in [0.4, 0.5) is 0 Å². The fraction of sp³-hybridized carbons (Fsp3) is 0.333. The van der Waals surface area contributed by atoms with Gasteiger partial charge in [-0.3, -0.25) is 0 Å². The quantitative estimate of drug-likeness (QED) is 0.795. The number of hydrogen-bond acceptors (Lipinski definition) is 6. The molecule has 5 nitrogen and oxygen atoms in total. The highest BCUT2D eigenvalue weighted by atomic mass is 32.1. The standard InChI is InChI=1S/C12H13N3O2S/c1-4-17-12(16)10-7(2)18-11(15-10)9-5-6-13-8(3)14-9/h5-6H,4H2,1-3H3. The summed E-state index contributed by atoms with van der Waals surface area (Å²) in [5, 5.41) is 0.709. The summed E-state index contributed by atoms with van der Waals surface area (Å²) in [5.41, 5.74) is 1.10. The summed E-state index contributed by atoms with van der Waals surface area (Å²) < 4.78 is 4.95. The molecule has 0 atom stereocenters. The second-order valence-corrected chi connectivity index (χ2v) is 4.84. The van der Waals surface area contributed by atoms with E-state index < -0.39 is 0 Å². The largest absolute Gasteiger partial charge is 0.461 e. The first kappa shape index (κ1) is 12.6. The van der Waals surface area contributed by atoms with Gasteiger partial charge in [0.05, 0.1) is 6.61 Å². The number of nitrogens with zero attached hydrogens (tertiary/aromatic N) is 3. The molecule has 0 unspecified atom stereocenters. The third-order valence-electron chi connectivity index (χ3n) is 2.26. The van der Waals surface area contributed by atoms with Crippen molar-refractivity contribution >= 4 is 17.3 Å². The van der Waals surface area contributed by atoms with Crippen molar-refractivity contribution in [2.75, 3.05) is 6.61 Å². The number of hydrogen-bond donors (Lipinski definition) is 0. The Balaban J connectivity index is 2.37. The van der Waals surface area contributed by atoms with Gasteiger partial charge in [0, 0.05) is 11.1 Å². The summed E-state index contributed by atoms with van der Waals surface area (Å²) in [4.78, 5) is 25.1. The molecule has 2 aromatic heterocycles. The average Bonchev–Trinajstić information content (AvgIpc) is 2.72. The van der Waals surface area contributed by atoms with Gasteiger partial charge in [-0.2, -0.15) is 0 Å². The first-order valence-corrected chi connectivity index (χ1v) is 6.38. The minimum absolute atomic E-state index is 0.345. The summed E-state index contributed by atoms with van der Waals surface area (Å²) in [7, 11) is 0. The highest BCUT2D eigenvalue weighted by Gasteiger charge is 2.17. The van der Waals surface area contributed by atoms with E-state index in [0.717, 1.165) is 10.6 Å². The molecule has 0 saturated heterocycles. The molecular weight excluding hydrogens is 250 g/mol. The van der Waals surface area contributed by atoms with E-state index in [9.17, 15) is 4.79 Å². The van der Waals surface area contributed by atoms with Gasteiger partial charge in [-0.1, -0.05) is 0 Å². The van der Waals surface area contributed by atoms with Crippen molar-refractivity contribution in [3.05, 3.63) is 28.7 Å². The van der Waals surface area contributed by atoms with Crippen molar-refractivity contribution in [1.82, 2.24) is 15.0 Å². The monoisotopic (exact) mass is 263 g/mol. The van der Waals surface area contributed by atoms with Gasteiger partial charge < -0.3 is 4.74 Å². The Morgan fingerprint density at radius 1 is 1.39 bits per heavy atom. The molecule has 0 spiro atoms. The van der Waals surface area contributed by atoms with Crippen LogP contribution in [0.5, 0.6) is 0 Å². The molecule has 0 aliphatic rings.